The molecule has 0 aliphatic heterocycles. The second kappa shape index (κ2) is 6.38. The molecule has 0 unspecified atom stereocenters. The van der Waals surface area contributed by atoms with Crippen molar-refractivity contribution < 1.29 is 9.47 Å². The summed E-state index contributed by atoms with van der Waals surface area (Å²) in [6, 6.07) is 10.3. The van der Waals surface area contributed by atoms with Gasteiger partial charge in [0.25, 0.3) is 0 Å². The van der Waals surface area contributed by atoms with E-state index in [0.29, 0.717) is 0 Å². The van der Waals surface area contributed by atoms with Gasteiger partial charge in [-0.1, -0.05) is 36.4 Å². The topological polar surface area (TPSA) is 18.5 Å². The highest BCUT2D eigenvalue weighted by molar-refractivity contribution is 5.63. The first-order chi connectivity index (χ1) is 7.27. The normalized spacial score (nSPS) is 12.1. The van der Waals surface area contributed by atoms with Crippen LogP contribution >= 0.6 is 0 Å². The molecule has 0 heterocycles. The average Bonchev–Trinajstić information content (AvgIpc) is 2.31. The lowest BCUT2D eigenvalue weighted by molar-refractivity contribution is -0.0985. The van der Waals surface area contributed by atoms with Gasteiger partial charge in [-0.3, -0.25) is 0 Å². The minimum absolute atomic E-state index is 0.149. The molecule has 0 fully saturated rings. The molecule has 1 aromatic rings. The monoisotopic (exact) mass is 206 g/mol. The van der Waals surface area contributed by atoms with E-state index in [1.807, 2.05) is 18.2 Å². The van der Waals surface area contributed by atoms with Crippen molar-refractivity contribution >= 4 is 5.57 Å². The Kier molecular flexibility index (Phi) is 5.08. The summed E-state index contributed by atoms with van der Waals surface area (Å²) < 4.78 is 10.2. The van der Waals surface area contributed by atoms with Gasteiger partial charge in [-0.25, -0.2) is 0 Å². The molecule has 0 radical (unpaired) electrons. The zero-order valence-corrected chi connectivity index (χ0v) is 9.57. The second-order valence-corrected chi connectivity index (χ2v) is 3.39. The van der Waals surface area contributed by atoms with E-state index in [0.717, 1.165) is 6.42 Å². The minimum Gasteiger partial charge on any atom is -0.356 e. The zero-order valence-electron chi connectivity index (χ0n) is 9.57. The molecule has 82 valence electrons. The molecular formula is C13H18O2. The molecule has 2 nitrogen and oxygen atoms in total. The number of hydrogen-bond acceptors (Lipinski definition) is 2. The summed E-state index contributed by atoms with van der Waals surface area (Å²) in [7, 11) is 3.31. The van der Waals surface area contributed by atoms with Crippen molar-refractivity contribution in [1.82, 2.24) is 0 Å². The second-order valence-electron chi connectivity index (χ2n) is 3.39. The first kappa shape index (κ1) is 12.0. The summed E-state index contributed by atoms with van der Waals surface area (Å²) >= 11 is 0. The highest BCUT2D eigenvalue weighted by Crippen LogP contribution is 2.14. The van der Waals surface area contributed by atoms with Crippen molar-refractivity contribution in [3.05, 3.63) is 42.0 Å². The lowest BCUT2D eigenvalue weighted by Gasteiger charge is -2.11. The fraction of sp³-hybridized carbons (Fsp3) is 0.385. The molecule has 15 heavy (non-hydrogen) atoms. The van der Waals surface area contributed by atoms with Crippen LogP contribution in [0.15, 0.2) is 36.4 Å². The number of hydrogen-bond donors (Lipinski definition) is 0. The molecule has 0 aliphatic carbocycles. The molecule has 1 rings (SSSR count). The van der Waals surface area contributed by atoms with Crippen molar-refractivity contribution in [2.75, 3.05) is 14.2 Å². The predicted molar refractivity (Wildman–Crippen MR) is 62.5 cm³/mol. The third kappa shape index (κ3) is 3.86. The number of rotatable bonds is 5. The first-order valence-corrected chi connectivity index (χ1v) is 5.05. The summed E-state index contributed by atoms with van der Waals surface area (Å²) in [4.78, 5) is 0. The van der Waals surface area contributed by atoms with Crippen molar-refractivity contribution in [2.24, 2.45) is 0 Å². The maximum atomic E-state index is 5.12. The Hall–Kier alpha value is -1.12. The smallest absolute Gasteiger partial charge is 0.160 e. The van der Waals surface area contributed by atoms with Gasteiger partial charge in [-0.2, -0.15) is 0 Å². The van der Waals surface area contributed by atoms with Crippen LogP contribution in [0.25, 0.3) is 5.57 Å². The van der Waals surface area contributed by atoms with Crippen LogP contribution in [0.2, 0.25) is 0 Å². The Morgan fingerprint density at radius 3 is 2.33 bits per heavy atom. The van der Waals surface area contributed by atoms with Crippen LogP contribution in [0.3, 0.4) is 0 Å². The van der Waals surface area contributed by atoms with Gasteiger partial charge >= 0.3 is 0 Å². The van der Waals surface area contributed by atoms with E-state index < -0.39 is 0 Å². The number of ether oxygens (including phenoxy) is 2. The summed E-state index contributed by atoms with van der Waals surface area (Å²) in [6.07, 6.45) is 2.75. The zero-order chi connectivity index (χ0) is 11.1. The van der Waals surface area contributed by atoms with Gasteiger partial charge in [0.05, 0.1) is 0 Å². The van der Waals surface area contributed by atoms with Crippen LogP contribution in [0.1, 0.15) is 18.9 Å². The molecule has 1 aromatic carbocycles. The third-order valence-corrected chi connectivity index (χ3v) is 2.37. The molecular weight excluding hydrogens is 188 g/mol. The van der Waals surface area contributed by atoms with Gasteiger partial charge in [0.1, 0.15) is 0 Å². The lowest BCUT2D eigenvalue weighted by atomic mass is 10.1. The lowest BCUT2D eigenvalue weighted by Crippen LogP contribution is -2.11. The first-order valence-electron chi connectivity index (χ1n) is 5.05. The maximum absolute atomic E-state index is 5.12. The number of allylic oxidation sites excluding steroid dienone is 1. The molecule has 0 saturated carbocycles. The van der Waals surface area contributed by atoms with Crippen molar-refractivity contribution in [1.29, 1.82) is 0 Å². The van der Waals surface area contributed by atoms with Gasteiger partial charge in [0.15, 0.2) is 6.29 Å². The highest BCUT2D eigenvalue weighted by Gasteiger charge is 2.02. The van der Waals surface area contributed by atoms with Gasteiger partial charge < -0.3 is 9.47 Å². The number of benzene rings is 1. The molecule has 0 N–H and O–H groups in total. The molecule has 0 bridgehead atoms. The van der Waals surface area contributed by atoms with Gasteiger partial charge in [0.2, 0.25) is 0 Å². The Morgan fingerprint density at radius 2 is 1.80 bits per heavy atom. The average molecular weight is 206 g/mol. The summed E-state index contributed by atoms with van der Waals surface area (Å²) in [5.41, 5.74) is 2.48. The molecule has 0 aromatic heterocycles. The summed E-state index contributed by atoms with van der Waals surface area (Å²) in [6.45, 7) is 2.09. The summed E-state index contributed by atoms with van der Waals surface area (Å²) in [5, 5.41) is 0. The summed E-state index contributed by atoms with van der Waals surface area (Å²) in [5.74, 6) is 0. The Balaban J connectivity index is 2.60. The SMILES string of the molecule is COC(CC=C(C)c1ccccc1)OC. The van der Waals surface area contributed by atoms with Crippen LogP contribution in [0, 0.1) is 0 Å². The number of methoxy groups -OCH3 is 2. The molecule has 0 atom stereocenters. The molecule has 0 aliphatic rings. The molecule has 0 spiro atoms. The van der Waals surface area contributed by atoms with Crippen LogP contribution in [-0.2, 0) is 9.47 Å². The van der Waals surface area contributed by atoms with E-state index >= 15 is 0 Å². The standard InChI is InChI=1S/C13H18O2/c1-11(9-10-13(14-2)15-3)12-7-5-4-6-8-12/h4-9,13H,10H2,1-3H3. The maximum Gasteiger partial charge on any atom is 0.160 e. The molecule has 0 amide bonds. The Labute approximate surface area is 91.5 Å². The fourth-order valence-electron chi connectivity index (χ4n) is 1.38. The third-order valence-electron chi connectivity index (χ3n) is 2.37. The van der Waals surface area contributed by atoms with Crippen LogP contribution < -0.4 is 0 Å². The quantitative estimate of drug-likeness (QED) is 0.689. The minimum atomic E-state index is -0.149. The van der Waals surface area contributed by atoms with E-state index in [2.05, 4.69) is 25.1 Å². The van der Waals surface area contributed by atoms with Gasteiger partial charge in [0, 0.05) is 20.6 Å². The highest BCUT2D eigenvalue weighted by atomic mass is 16.7. The van der Waals surface area contributed by atoms with E-state index in [1.54, 1.807) is 14.2 Å². The largest absolute Gasteiger partial charge is 0.356 e. The van der Waals surface area contributed by atoms with E-state index in [-0.39, 0.29) is 6.29 Å². The van der Waals surface area contributed by atoms with Crippen molar-refractivity contribution in [3.63, 3.8) is 0 Å². The molecule has 0 saturated heterocycles. The fourth-order valence-corrected chi connectivity index (χ4v) is 1.38. The Bertz CT molecular complexity index is 300. The van der Waals surface area contributed by atoms with E-state index in [4.69, 9.17) is 9.47 Å². The molecule has 2 heteroatoms. The Morgan fingerprint density at radius 1 is 1.20 bits per heavy atom. The van der Waals surface area contributed by atoms with Gasteiger partial charge in [-0.05, 0) is 18.1 Å². The van der Waals surface area contributed by atoms with E-state index in [9.17, 15) is 0 Å². The van der Waals surface area contributed by atoms with Crippen LogP contribution in [-0.4, -0.2) is 20.5 Å². The van der Waals surface area contributed by atoms with Gasteiger partial charge in [-0.15, -0.1) is 0 Å². The predicted octanol–water partition coefficient (Wildman–Crippen LogP) is 3.10. The van der Waals surface area contributed by atoms with Crippen LogP contribution in [0.5, 0.6) is 0 Å². The van der Waals surface area contributed by atoms with Crippen molar-refractivity contribution in [3.8, 4) is 0 Å². The van der Waals surface area contributed by atoms with Crippen molar-refractivity contribution in [2.45, 2.75) is 19.6 Å². The van der Waals surface area contributed by atoms with E-state index in [1.165, 1.54) is 11.1 Å². The van der Waals surface area contributed by atoms with Crippen LogP contribution in [0.4, 0.5) is 0 Å².